The summed E-state index contributed by atoms with van der Waals surface area (Å²) < 4.78 is 25.4. The molecule has 4 saturated heterocycles. The average molecular weight is 2050 g/mol. The third-order valence-corrected chi connectivity index (χ3v) is 27.6. The first-order valence-electron chi connectivity index (χ1n) is 40.9. The Labute approximate surface area is 803 Å². The number of imidazole rings is 4. The Hall–Kier alpha value is -7.20. The Kier molecular flexibility index (Phi) is 37.5. The summed E-state index contributed by atoms with van der Waals surface area (Å²) in [5.41, 5.74) is 8.38. The van der Waals surface area contributed by atoms with E-state index >= 15 is 0 Å². The Morgan fingerprint density at radius 3 is 1.13 bits per heavy atom. The molecule has 8 aromatic heterocycles. The highest BCUT2D eigenvalue weighted by atomic mass is 79.9. The maximum absolute atomic E-state index is 12.1. The van der Waals surface area contributed by atoms with E-state index in [0.717, 1.165) is 179 Å². The second-order valence-electron chi connectivity index (χ2n) is 34.9. The minimum atomic E-state index is -0.501. The number of hydrogen-bond donors (Lipinski definition) is 6. The molecule has 4 aliphatic rings. The first-order chi connectivity index (χ1) is 59.4. The lowest BCUT2D eigenvalue weighted by atomic mass is 9.80. The van der Waals surface area contributed by atoms with E-state index < -0.39 is 16.8 Å². The van der Waals surface area contributed by atoms with Gasteiger partial charge in [-0.05, 0) is 235 Å². The summed E-state index contributed by atoms with van der Waals surface area (Å²) in [6.07, 6.45) is 28.9. The van der Waals surface area contributed by atoms with Gasteiger partial charge in [-0.3, -0.25) is 17.6 Å². The molecule has 0 spiro atoms. The fraction of sp³-hybridized carbons (Fsp3) is 0.471. The largest absolute Gasteiger partial charge is 0.444 e. The zero-order chi connectivity index (χ0) is 92.1. The molecular formula is C87H110Br2Cl7N21O6S3. The highest BCUT2D eigenvalue weighted by Gasteiger charge is 2.36. The van der Waals surface area contributed by atoms with Crippen LogP contribution in [0.3, 0.4) is 0 Å². The first kappa shape index (κ1) is 103. The first-order valence-corrected chi connectivity index (χ1v) is 47.2. The minimum Gasteiger partial charge on any atom is -0.444 e. The molecule has 11 aromatic rings. The van der Waals surface area contributed by atoms with Crippen LogP contribution in [-0.2, 0) is 14.2 Å². The highest BCUT2D eigenvalue weighted by Crippen LogP contribution is 2.43. The van der Waals surface area contributed by atoms with Crippen molar-refractivity contribution in [1.82, 2.24) is 78.7 Å². The zero-order valence-electron chi connectivity index (χ0n) is 73.1. The van der Waals surface area contributed by atoms with Crippen LogP contribution >= 0.6 is 149 Å². The number of benzene rings is 3. The van der Waals surface area contributed by atoms with Crippen LogP contribution in [0, 0.1) is 33.0 Å². The standard InChI is InChI=1S/C24H29Cl2N5O2S.C19H21Cl2N5S.C18H26BrN5O2.C12H24N2O2.C6H3BrClN3.C6H4Cl2S.C2H3N/c1-23(2,3)33-22(32)29-15-24(4)8-11-30(12-9-24)21-28-14-18(20-27-10-13-31(20)21)34-17-7-5-6-16(25)19(17)26;1-19(12-22)5-8-25(9-6-19)18-24-11-15(17-23-7-10-26(17)18)27-14-4-2-3-13(20)16(14)21;1-17(2,3)26-16(25)22-12-18(4)5-8-23(9-6-18)15-21-11-13(19)14-20-7-10-24(14)15;1-11(2,3)16-10(15)14-9-12(4)5-7-13-8-6-12;7-4-3-10-6(8)11-2-1-9-5(4)11;7-4-2-1-3-5(9)6(4)8;1-2-3/h5-7,10,13-14H,8-9,11-12,15H2,1-4H3,(H,29,32);2-4,7,10-11H,5-6,8-9,12,22H2,1H3;7,10-11H,5-6,8-9,12H2,1-4H3,(H,22,25);13H,5-9H2,1-4H3,(H,14,15);1-3H;1-3,9H;1H3. The number of anilines is 3. The van der Waals surface area contributed by atoms with Crippen molar-refractivity contribution in [2.24, 2.45) is 27.4 Å². The van der Waals surface area contributed by atoms with Gasteiger partial charge in [-0.1, -0.05) is 139 Å². The lowest BCUT2D eigenvalue weighted by Crippen LogP contribution is -2.46. The lowest BCUT2D eigenvalue weighted by molar-refractivity contribution is 0.0483. The molecule has 0 atom stereocenters. The maximum atomic E-state index is 12.1. The van der Waals surface area contributed by atoms with E-state index in [4.69, 9.17) is 116 Å². The van der Waals surface area contributed by atoms with E-state index in [1.165, 1.54) is 30.4 Å². The predicted octanol–water partition coefficient (Wildman–Crippen LogP) is 22.6. The van der Waals surface area contributed by atoms with Gasteiger partial charge in [0.15, 0.2) is 22.6 Å². The molecule has 0 saturated carbocycles. The molecule has 39 heteroatoms. The number of halogens is 9. The molecule has 0 bridgehead atoms. The number of carbonyl (C=O) groups excluding carboxylic acids is 3. The molecule has 0 aliphatic carbocycles. The lowest BCUT2D eigenvalue weighted by Gasteiger charge is -2.40. The van der Waals surface area contributed by atoms with Gasteiger partial charge in [0.1, 0.15) is 16.8 Å². The van der Waals surface area contributed by atoms with Crippen molar-refractivity contribution in [3.05, 3.63) is 173 Å². The van der Waals surface area contributed by atoms with Crippen LogP contribution < -0.4 is 41.7 Å². The van der Waals surface area contributed by atoms with Crippen LogP contribution in [0.4, 0.5) is 32.2 Å². The molecule has 15 rings (SSSR count). The number of thiol groups is 1. The number of nitrogens with zero attached hydrogens (tertiary/aromatic N) is 16. The van der Waals surface area contributed by atoms with E-state index in [9.17, 15) is 14.4 Å². The third kappa shape index (κ3) is 29.9. The summed E-state index contributed by atoms with van der Waals surface area (Å²) in [5.74, 6) is 2.68. The minimum absolute atomic E-state index is 0.000572. The number of nitrogens with one attached hydrogen (secondary N) is 4. The number of nitrogens with two attached hydrogens (primary N) is 1. The summed E-state index contributed by atoms with van der Waals surface area (Å²) in [7, 11) is 0. The van der Waals surface area contributed by atoms with Gasteiger partial charge in [0.2, 0.25) is 23.1 Å². The number of rotatable bonds is 14. The average Bonchev–Trinajstić information content (AvgIpc) is 0.928. The van der Waals surface area contributed by atoms with Crippen molar-refractivity contribution < 1.29 is 28.6 Å². The molecule has 4 aliphatic heterocycles. The number of aromatic nitrogens is 12. The van der Waals surface area contributed by atoms with Crippen molar-refractivity contribution in [1.29, 1.82) is 5.26 Å². The molecule has 126 heavy (non-hydrogen) atoms. The molecule has 680 valence electrons. The van der Waals surface area contributed by atoms with Gasteiger partial charge in [-0.25, -0.2) is 54.3 Å². The number of hydrogen-bond acceptors (Lipinski definition) is 23. The second kappa shape index (κ2) is 46.1. The van der Waals surface area contributed by atoms with E-state index in [0.29, 0.717) is 59.9 Å². The molecule has 12 heterocycles. The Morgan fingerprint density at radius 2 is 0.778 bits per heavy atom. The molecule has 27 nitrogen and oxygen atoms in total. The van der Waals surface area contributed by atoms with E-state index in [1.807, 2.05) is 131 Å². The number of carbonyl (C=O) groups is 3. The third-order valence-electron chi connectivity index (χ3n) is 20.9. The summed E-state index contributed by atoms with van der Waals surface area (Å²) >= 11 is 56.0. The van der Waals surface area contributed by atoms with Crippen LogP contribution in [0.25, 0.3) is 22.6 Å². The van der Waals surface area contributed by atoms with Crippen molar-refractivity contribution >= 4 is 208 Å². The fourth-order valence-corrected chi connectivity index (χ4v) is 17.9. The fourth-order valence-electron chi connectivity index (χ4n) is 13.5. The van der Waals surface area contributed by atoms with Gasteiger partial charge in [0.25, 0.3) is 0 Å². The van der Waals surface area contributed by atoms with E-state index in [-0.39, 0.29) is 39.9 Å². The van der Waals surface area contributed by atoms with Gasteiger partial charge in [0, 0.05) is 155 Å². The van der Waals surface area contributed by atoms with Gasteiger partial charge >= 0.3 is 18.3 Å². The quantitative estimate of drug-likeness (QED) is 0.0335. The summed E-state index contributed by atoms with van der Waals surface area (Å²) in [6, 6.07) is 18.3. The number of piperidine rings is 4. The predicted molar refractivity (Wildman–Crippen MR) is 519 cm³/mol. The Bertz CT molecular complexity index is 5460. The number of alkyl carbamates (subject to hydrolysis) is 3. The monoisotopic (exact) mass is 2040 g/mol. The second-order valence-corrected chi connectivity index (χ2v) is 42.0. The maximum Gasteiger partial charge on any atom is 0.407 e. The number of ether oxygens (including phenoxy) is 3. The summed E-state index contributed by atoms with van der Waals surface area (Å²) in [5, 5.41) is 23.0. The summed E-state index contributed by atoms with van der Waals surface area (Å²) in [4.78, 5) is 82.2. The smallest absolute Gasteiger partial charge is 0.407 e. The number of nitriles is 1. The highest BCUT2D eigenvalue weighted by molar-refractivity contribution is 9.11. The van der Waals surface area contributed by atoms with Crippen molar-refractivity contribution in [2.75, 3.05) is 93.2 Å². The summed E-state index contributed by atoms with van der Waals surface area (Å²) in [6.45, 7) is 37.2. The number of amides is 3. The van der Waals surface area contributed by atoms with Crippen LogP contribution in [0.15, 0.2) is 162 Å². The normalized spacial score (nSPS) is 15.8. The number of fused-ring (bicyclic) bond motifs is 4. The van der Waals surface area contributed by atoms with Crippen molar-refractivity contribution in [3.8, 4) is 6.07 Å². The SMILES string of the molecule is CC#N.CC1(CN)CCN(c2ncc(Sc3cccc(Cl)c3Cl)c3nccn23)CC1.CC1(CNC(=O)OC(C)(C)C)CCN(c2ncc(Br)c3nccn23)CC1.CC1(CNC(=O)OC(C)(C)C)CCN(c2ncc(Sc3cccc(Cl)c3Cl)c3nccn23)CC1.CC1(CNC(=O)OC(C)(C)C)CCNCC1.Clc1ncc(Br)c2nccn12.Sc1cccc(Cl)c1Cl. The molecular weight excluding hydrogens is 1940 g/mol. The van der Waals surface area contributed by atoms with E-state index in [2.05, 4.69) is 138 Å². The molecule has 4 fully saturated rings. The van der Waals surface area contributed by atoms with Gasteiger partial charge in [0.05, 0.1) is 54.9 Å². The van der Waals surface area contributed by atoms with Gasteiger partial charge < -0.3 is 55.9 Å². The topological polar surface area (TPSA) is 307 Å². The molecule has 6 N–H and O–H groups in total. The van der Waals surface area contributed by atoms with Gasteiger partial charge in [-0.2, -0.15) is 5.26 Å². The zero-order valence-corrected chi connectivity index (χ0v) is 84.1. The van der Waals surface area contributed by atoms with Crippen LogP contribution in [0.2, 0.25) is 35.4 Å². The van der Waals surface area contributed by atoms with Crippen molar-refractivity contribution in [3.63, 3.8) is 0 Å². The van der Waals surface area contributed by atoms with Crippen LogP contribution in [0.1, 0.15) is 148 Å². The van der Waals surface area contributed by atoms with Crippen LogP contribution in [0.5, 0.6) is 0 Å². The van der Waals surface area contributed by atoms with Crippen molar-refractivity contribution in [2.45, 2.75) is 190 Å². The molecule has 3 amide bonds. The van der Waals surface area contributed by atoms with Crippen LogP contribution in [-0.4, -0.2) is 171 Å². The molecule has 0 unspecified atom stereocenters. The van der Waals surface area contributed by atoms with Gasteiger partial charge in [-0.15, -0.1) is 12.6 Å². The van der Waals surface area contributed by atoms with E-state index in [1.54, 1.807) is 84.2 Å². The Balaban J connectivity index is 0.000000178. The Morgan fingerprint density at radius 1 is 0.468 bits per heavy atom. The molecule has 3 aromatic carbocycles. The molecule has 0 radical (unpaired) electrons.